The first-order valence-electron chi connectivity index (χ1n) is 12.4. The van der Waals surface area contributed by atoms with Crippen LogP contribution in [-0.2, 0) is 11.3 Å². The highest BCUT2D eigenvalue weighted by atomic mass is 32.1. The zero-order valence-corrected chi connectivity index (χ0v) is 21.6. The molecule has 5 rings (SSSR count). The number of hydrogen-bond donors (Lipinski definition) is 2. The van der Waals surface area contributed by atoms with Crippen molar-refractivity contribution in [1.82, 2.24) is 20.1 Å². The number of thiazole rings is 1. The van der Waals surface area contributed by atoms with Gasteiger partial charge in [0.25, 0.3) is 5.91 Å². The van der Waals surface area contributed by atoms with E-state index in [1.165, 1.54) is 17.4 Å². The summed E-state index contributed by atoms with van der Waals surface area (Å²) in [7, 11) is 0. The van der Waals surface area contributed by atoms with Crippen LogP contribution in [0, 0.1) is 5.82 Å². The summed E-state index contributed by atoms with van der Waals surface area (Å²) in [6.45, 7) is 3.00. The number of aromatic nitrogens is 1. The van der Waals surface area contributed by atoms with Crippen LogP contribution in [0.5, 0.6) is 0 Å². The Morgan fingerprint density at radius 2 is 1.55 bits per heavy atom. The highest BCUT2D eigenvalue weighted by Gasteiger charge is 2.25. The Bertz CT molecular complexity index is 1390. The number of hydrogen-bond acceptors (Lipinski definition) is 6. The van der Waals surface area contributed by atoms with Crippen molar-refractivity contribution in [3.8, 4) is 11.1 Å². The van der Waals surface area contributed by atoms with E-state index in [4.69, 9.17) is 0 Å². The van der Waals surface area contributed by atoms with Crippen LogP contribution in [0.25, 0.3) is 11.1 Å². The van der Waals surface area contributed by atoms with E-state index in [1.54, 1.807) is 28.5 Å². The molecule has 1 aromatic heterocycles. The molecule has 1 aliphatic rings. The summed E-state index contributed by atoms with van der Waals surface area (Å²) in [6, 6.07) is 24.7. The first-order valence-corrected chi connectivity index (χ1v) is 13.3. The lowest BCUT2D eigenvalue weighted by atomic mass is 10.0. The molecule has 9 heteroatoms. The van der Waals surface area contributed by atoms with E-state index in [0.29, 0.717) is 49.2 Å². The summed E-state index contributed by atoms with van der Waals surface area (Å²) in [5.41, 5.74) is 3.99. The van der Waals surface area contributed by atoms with Gasteiger partial charge in [0.15, 0.2) is 5.13 Å². The van der Waals surface area contributed by atoms with E-state index < -0.39 is 0 Å². The maximum atomic E-state index is 13.9. The normalized spacial score (nSPS) is 13.8. The quantitative estimate of drug-likeness (QED) is 0.344. The molecule has 0 atom stereocenters. The number of piperazine rings is 1. The number of para-hydroxylation sites is 1. The van der Waals surface area contributed by atoms with Crippen molar-refractivity contribution in [2.75, 3.05) is 38.0 Å². The summed E-state index contributed by atoms with van der Waals surface area (Å²) in [6.07, 6.45) is 0. The van der Waals surface area contributed by atoms with Gasteiger partial charge in [0.1, 0.15) is 11.5 Å². The molecule has 1 aliphatic heterocycles. The van der Waals surface area contributed by atoms with E-state index in [1.807, 2.05) is 35.2 Å². The van der Waals surface area contributed by atoms with Crippen LogP contribution in [0.4, 0.5) is 15.2 Å². The second kappa shape index (κ2) is 12.0. The number of carbonyl (C=O) groups is 2. The van der Waals surface area contributed by atoms with Gasteiger partial charge in [0.05, 0.1) is 12.2 Å². The summed E-state index contributed by atoms with van der Waals surface area (Å²) in [5.74, 6) is -0.581. The number of carbonyl (C=O) groups excluding carboxylic acids is 2. The van der Waals surface area contributed by atoms with Crippen molar-refractivity contribution in [2.24, 2.45) is 0 Å². The lowest BCUT2D eigenvalue weighted by Crippen LogP contribution is -2.51. The fraction of sp³-hybridized carbons (Fsp3) is 0.207. The number of rotatable bonds is 8. The minimum Gasteiger partial charge on any atom is -0.351 e. The average molecular weight is 530 g/mol. The van der Waals surface area contributed by atoms with Crippen LogP contribution in [0.3, 0.4) is 0 Å². The van der Waals surface area contributed by atoms with Crippen molar-refractivity contribution in [3.05, 3.63) is 101 Å². The fourth-order valence-electron chi connectivity index (χ4n) is 4.28. The second-order valence-corrected chi connectivity index (χ2v) is 9.91. The fourth-order valence-corrected chi connectivity index (χ4v) is 4.98. The number of amides is 2. The lowest BCUT2D eigenvalue weighted by Gasteiger charge is -2.33. The summed E-state index contributed by atoms with van der Waals surface area (Å²) in [5, 5.41) is 8.05. The number of nitrogens with one attached hydrogen (secondary N) is 2. The molecule has 2 N–H and O–H groups in total. The topological polar surface area (TPSA) is 77.6 Å². The molecule has 0 spiro atoms. The second-order valence-electron chi connectivity index (χ2n) is 9.05. The van der Waals surface area contributed by atoms with Crippen LogP contribution in [0.2, 0.25) is 0 Å². The first kappa shape index (κ1) is 25.6. The van der Waals surface area contributed by atoms with Crippen molar-refractivity contribution >= 4 is 34.0 Å². The Morgan fingerprint density at radius 1 is 0.868 bits per heavy atom. The molecule has 7 nitrogen and oxygen atoms in total. The van der Waals surface area contributed by atoms with Crippen molar-refractivity contribution in [2.45, 2.75) is 6.54 Å². The predicted octanol–water partition coefficient (Wildman–Crippen LogP) is 4.77. The number of nitrogens with zero attached hydrogens (tertiary/aromatic N) is 3. The monoisotopic (exact) mass is 529 g/mol. The molecule has 1 fully saturated rings. The molecule has 0 saturated carbocycles. The smallest absolute Gasteiger partial charge is 0.273 e. The highest BCUT2D eigenvalue weighted by molar-refractivity contribution is 7.14. The van der Waals surface area contributed by atoms with E-state index in [0.717, 1.165) is 16.7 Å². The maximum Gasteiger partial charge on any atom is 0.273 e. The zero-order chi connectivity index (χ0) is 26.3. The third-order valence-electron chi connectivity index (χ3n) is 6.42. The summed E-state index contributed by atoms with van der Waals surface area (Å²) < 4.78 is 13.9. The summed E-state index contributed by atoms with van der Waals surface area (Å²) >= 11 is 1.26. The van der Waals surface area contributed by atoms with Gasteiger partial charge in [-0.1, -0.05) is 66.7 Å². The molecule has 194 valence electrons. The third kappa shape index (κ3) is 6.42. The molecule has 4 aromatic rings. The van der Waals surface area contributed by atoms with Gasteiger partial charge in [0, 0.05) is 38.1 Å². The summed E-state index contributed by atoms with van der Waals surface area (Å²) in [4.78, 5) is 33.5. The van der Waals surface area contributed by atoms with Crippen LogP contribution < -0.4 is 10.6 Å². The van der Waals surface area contributed by atoms with E-state index in [-0.39, 0.29) is 24.2 Å². The molecule has 2 amide bonds. The Kier molecular flexibility index (Phi) is 8.06. The van der Waals surface area contributed by atoms with Gasteiger partial charge in [0.2, 0.25) is 5.91 Å². The largest absolute Gasteiger partial charge is 0.351 e. The Balaban J connectivity index is 1.05. The Morgan fingerprint density at radius 3 is 2.29 bits per heavy atom. The van der Waals surface area contributed by atoms with Gasteiger partial charge >= 0.3 is 0 Å². The molecule has 0 bridgehead atoms. The molecule has 0 radical (unpaired) electrons. The van der Waals surface area contributed by atoms with Crippen molar-refractivity contribution in [1.29, 1.82) is 0 Å². The molecule has 38 heavy (non-hydrogen) atoms. The number of benzene rings is 3. The average Bonchev–Trinajstić information content (AvgIpc) is 3.42. The van der Waals surface area contributed by atoms with Crippen molar-refractivity contribution in [3.63, 3.8) is 0 Å². The van der Waals surface area contributed by atoms with Gasteiger partial charge in [-0.15, -0.1) is 11.3 Å². The Labute approximate surface area is 224 Å². The first-order chi connectivity index (χ1) is 18.5. The van der Waals surface area contributed by atoms with Crippen LogP contribution in [0.1, 0.15) is 16.1 Å². The lowest BCUT2D eigenvalue weighted by molar-refractivity contribution is -0.122. The minimum atomic E-state index is -0.378. The van der Waals surface area contributed by atoms with Gasteiger partial charge in [-0.05, 0) is 28.8 Å². The SMILES string of the molecule is O=C(CN1CCN(C(=O)c2csc(Nc3ccccc3F)n2)CC1)NCc1ccc(-c2ccccc2)cc1. The standard InChI is InChI=1S/C29H28FN5O2S/c30-24-8-4-5-9-25(24)32-29-33-26(20-38-29)28(37)35-16-14-34(15-17-35)19-27(36)31-18-21-10-12-23(13-11-21)22-6-2-1-3-7-22/h1-13,20H,14-19H2,(H,31,36)(H,32,33). The molecule has 0 unspecified atom stereocenters. The molecule has 0 aliphatic carbocycles. The maximum absolute atomic E-state index is 13.9. The predicted molar refractivity (Wildman–Crippen MR) is 148 cm³/mol. The number of anilines is 2. The van der Waals surface area contributed by atoms with E-state index in [2.05, 4.69) is 39.9 Å². The molecule has 3 aromatic carbocycles. The number of halogens is 1. The molecular weight excluding hydrogens is 501 g/mol. The third-order valence-corrected chi connectivity index (χ3v) is 7.17. The minimum absolute atomic E-state index is 0.0414. The van der Waals surface area contributed by atoms with Gasteiger partial charge < -0.3 is 15.5 Å². The zero-order valence-electron chi connectivity index (χ0n) is 20.8. The van der Waals surface area contributed by atoms with Crippen molar-refractivity contribution < 1.29 is 14.0 Å². The van der Waals surface area contributed by atoms with E-state index >= 15 is 0 Å². The van der Waals surface area contributed by atoms with Gasteiger partial charge in [-0.25, -0.2) is 9.37 Å². The van der Waals surface area contributed by atoms with Crippen LogP contribution in [-0.4, -0.2) is 59.3 Å². The van der Waals surface area contributed by atoms with Crippen LogP contribution in [0.15, 0.2) is 84.2 Å². The van der Waals surface area contributed by atoms with Crippen LogP contribution >= 0.6 is 11.3 Å². The molecule has 1 saturated heterocycles. The van der Waals surface area contributed by atoms with Gasteiger partial charge in [-0.2, -0.15) is 0 Å². The Hall–Kier alpha value is -4.08. The van der Waals surface area contributed by atoms with Gasteiger partial charge in [-0.3, -0.25) is 14.5 Å². The molecule has 2 heterocycles. The van der Waals surface area contributed by atoms with E-state index in [9.17, 15) is 14.0 Å². The highest BCUT2D eigenvalue weighted by Crippen LogP contribution is 2.24. The molecular formula is C29H28FN5O2S.